The Kier molecular flexibility index (Phi) is 30.5. The Bertz CT molecular complexity index is 777. The number of hydrogen-bond donors (Lipinski definition) is 2. The van der Waals surface area contributed by atoms with E-state index in [1.54, 1.807) is 0 Å². The van der Waals surface area contributed by atoms with Gasteiger partial charge in [0, 0.05) is 12.8 Å². The smallest absolute Gasteiger partial charge is 0.462 e. The number of carbonyl (C=O) groups excluding carboxylic acids is 2. The van der Waals surface area contributed by atoms with Gasteiger partial charge in [0.25, 0.3) is 0 Å². The third-order valence-corrected chi connectivity index (χ3v) is 7.96. The molecule has 0 spiro atoms. The largest absolute Gasteiger partial charge is 0.469 e. The van der Waals surface area contributed by atoms with Crippen molar-refractivity contribution in [1.29, 1.82) is 0 Å². The molecule has 0 aromatic heterocycles. The second-order valence-corrected chi connectivity index (χ2v) is 13.1. The van der Waals surface area contributed by atoms with Gasteiger partial charge >= 0.3 is 19.8 Å². The lowest BCUT2D eigenvalue weighted by Crippen LogP contribution is -2.29. The zero-order valence-corrected chi connectivity index (χ0v) is 29.0. The molecule has 0 aromatic carbocycles. The number of hydrogen-bond acceptors (Lipinski definition) is 6. The second-order valence-electron chi connectivity index (χ2n) is 11.8. The maximum Gasteiger partial charge on any atom is 0.469 e. The maximum atomic E-state index is 12.3. The average molecular weight is 645 g/mol. The molecule has 0 aliphatic heterocycles. The lowest BCUT2D eigenvalue weighted by atomic mass is 10.1. The van der Waals surface area contributed by atoms with Crippen molar-refractivity contribution in [3.63, 3.8) is 0 Å². The highest BCUT2D eigenvalue weighted by Gasteiger charge is 2.22. The highest BCUT2D eigenvalue weighted by molar-refractivity contribution is 7.46. The molecule has 0 bridgehead atoms. The van der Waals surface area contributed by atoms with Gasteiger partial charge in [-0.3, -0.25) is 14.1 Å². The molecule has 1 atom stereocenters. The number of carbonyl (C=O) groups is 2. The molecule has 0 saturated carbocycles. The fourth-order valence-electron chi connectivity index (χ4n) is 4.81. The maximum absolute atomic E-state index is 12.3. The van der Waals surface area contributed by atoms with E-state index in [2.05, 4.69) is 42.7 Å². The fourth-order valence-corrected chi connectivity index (χ4v) is 5.17. The van der Waals surface area contributed by atoms with E-state index in [0.717, 1.165) is 57.8 Å². The molecule has 9 heteroatoms. The van der Waals surface area contributed by atoms with Crippen LogP contribution in [0.25, 0.3) is 0 Å². The molecule has 0 amide bonds. The van der Waals surface area contributed by atoms with E-state index in [1.165, 1.54) is 77.0 Å². The van der Waals surface area contributed by atoms with Crippen molar-refractivity contribution in [1.82, 2.24) is 0 Å². The van der Waals surface area contributed by atoms with Crippen molar-refractivity contribution < 1.29 is 37.9 Å². The molecular weight excluding hydrogens is 579 g/mol. The summed E-state index contributed by atoms with van der Waals surface area (Å²) in [5.74, 6) is -0.900. The van der Waals surface area contributed by atoms with Crippen molar-refractivity contribution in [2.75, 3.05) is 13.2 Å². The predicted octanol–water partition coefficient (Wildman–Crippen LogP) is 10.1. The number of phosphoric acid groups is 1. The fraction of sp³-hybridized carbons (Fsp3) is 0.829. The third-order valence-electron chi connectivity index (χ3n) is 7.47. The first-order valence-electron chi connectivity index (χ1n) is 17.6. The molecular formula is C35H65O8P. The molecule has 0 saturated heterocycles. The third kappa shape index (κ3) is 33.4. The Labute approximate surface area is 269 Å². The van der Waals surface area contributed by atoms with E-state index in [9.17, 15) is 14.2 Å². The Balaban J connectivity index is 4.02. The highest BCUT2D eigenvalue weighted by atomic mass is 31.2. The van der Waals surface area contributed by atoms with Crippen LogP contribution in [-0.2, 0) is 28.2 Å². The number of rotatable bonds is 32. The molecule has 0 heterocycles. The van der Waals surface area contributed by atoms with Crippen molar-refractivity contribution >= 4 is 19.8 Å². The van der Waals surface area contributed by atoms with Crippen LogP contribution in [0.15, 0.2) is 24.3 Å². The number of esters is 2. The molecule has 0 rings (SSSR count). The Hall–Kier alpha value is -1.47. The molecule has 0 unspecified atom stereocenters. The number of allylic oxidation sites excluding steroid dienone is 4. The summed E-state index contributed by atoms with van der Waals surface area (Å²) in [6.07, 6.45) is 33.2. The van der Waals surface area contributed by atoms with E-state index in [-0.39, 0.29) is 19.4 Å². The van der Waals surface area contributed by atoms with Crippen LogP contribution in [-0.4, -0.2) is 41.0 Å². The monoisotopic (exact) mass is 644 g/mol. The predicted molar refractivity (Wildman–Crippen MR) is 179 cm³/mol. The van der Waals surface area contributed by atoms with Gasteiger partial charge in [0.2, 0.25) is 0 Å². The molecule has 258 valence electrons. The van der Waals surface area contributed by atoms with Crippen molar-refractivity contribution in [3.8, 4) is 0 Å². The highest BCUT2D eigenvalue weighted by Crippen LogP contribution is 2.36. The Morgan fingerprint density at radius 3 is 1.55 bits per heavy atom. The van der Waals surface area contributed by atoms with Gasteiger partial charge in [-0.05, 0) is 44.9 Å². The molecule has 0 aliphatic rings. The first-order valence-corrected chi connectivity index (χ1v) is 19.2. The van der Waals surface area contributed by atoms with Crippen LogP contribution in [0.1, 0.15) is 168 Å². The lowest BCUT2D eigenvalue weighted by molar-refractivity contribution is -0.161. The van der Waals surface area contributed by atoms with Crippen LogP contribution in [0.4, 0.5) is 0 Å². The molecule has 2 N–H and O–H groups in total. The average Bonchev–Trinajstić information content (AvgIpc) is 2.98. The summed E-state index contributed by atoms with van der Waals surface area (Å²) < 4.78 is 26.2. The molecule has 0 fully saturated rings. The lowest BCUT2D eigenvalue weighted by Gasteiger charge is -2.18. The van der Waals surface area contributed by atoms with Crippen LogP contribution in [0.2, 0.25) is 0 Å². The van der Waals surface area contributed by atoms with E-state index in [1.807, 2.05) is 0 Å². The van der Waals surface area contributed by atoms with Crippen molar-refractivity contribution in [3.05, 3.63) is 24.3 Å². The van der Waals surface area contributed by atoms with Crippen molar-refractivity contribution in [2.45, 2.75) is 174 Å². The summed E-state index contributed by atoms with van der Waals surface area (Å²) in [5.41, 5.74) is 0. The zero-order valence-electron chi connectivity index (χ0n) is 28.1. The van der Waals surface area contributed by atoms with Gasteiger partial charge in [0.15, 0.2) is 6.10 Å². The summed E-state index contributed by atoms with van der Waals surface area (Å²) in [7, 11) is -4.75. The first-order chi connectivity index (χ1) is 21.3. The SMILES string of the molecule is CCCCC/C=C/C/C=C/CCCCCCCC(=O)O[C@H](COC(=O)CCCCCCCCCCCCC)COP(=O)(O)O. The molecule has 0 aliphatic carbocycles. The van der Waals surface area contributed by atoms with Gasteiger partial charge in [-0.25, -0.2) is 4.57 Å². The summed E-state index contributed by atoms with van der Waals surface area (Å²) in [5, 5.41) is 0. The van der Waals surface area contributed by atoms with Gasteiger partial charge in [0.1, 0.15) is 6.61 Å². The van der Waals surface area contributed by atoms with Gasteiger partial charge < -0.3 is 19.3 Å². The van der Waals surface area contributed by atoms with Crippen LogP contribution >= 0.6 is 7.82 Å². The summed E-state index contributed by atoms with van der Waals surface area (Å²) in [4.78, 5) is 42.5. The number of unbranched alkanes of at least 4 members (excludes halogenated alkanes) is 18. The van der Waals surface area contributed by atoms with Crippen LogP contribution < -0.4 is 0 Å². The van der Waals surface area contributed by atoms with E-state index >= 15 is 0 Å². The van der Waals surface area contributed by atoms with E-state index in [0.29, 0.717) is 6.42 Å². The normalized spacial score (nSPS) is 12.7. The van der Waals surface area contributed by atoms with Gasteiger partial charge in [-0.2, -0.15) is 0 Å². The van der Waals surface area contributed by atoms with Gasteiger partial charge in [0.05, 0.1) is 6.61 Å². The van der Waals surface area contributed by atoms with Crippen molar-refractivity contribution in [2.24, 2.45) is 0 Å². The Morgan fingerprint density at radius 1 is 0.591 bits per heavy atom. The number of ether oxygens (including phenoxy) is 2. The van der Waals surface area contributed by atoms with Crippen LogP contribution in [0, 0.1) is 0 Å². The van der Waals surface area contributed by atoms with Gasteiger partial charge in [-0.15, -0.1) is 0 Å². The van der Waals surface area contributed by atoms with Crippen LogP contribution in [0.5, 0.6) is 0 Å². The summed E-state index contributed by atoms with van der Waals surface area (Å²) in [6.45, 7) is 3.62. The van der Waals surface area contributed by atoms with E-state index in [4.69, 9.17) is 19.3 Å². The minimum Gasteiger partial charge on any atom is -0.462 e. The zero-order chi connectivity index (χ0) is 32.6. The van der Waals surface area contributed by atoms with E-state index < -0.39 is 32.5 Å². The quantitative estimate of drug-likeness (QED) is 0.0321. The minimum atomic E-state index is -4.75. The minimum absolute atomic E-state index is 0.198. The van der Waals surface area contributed by atoms with Gasteiger partial charge in [-0.1, -0.05) is 134 Å². The molecule has 44 heavy (non-hydrogen) atoms. The van der Waals surface area contributed by atoms with Crippen LogP contribution in [0.3, 0.4) is 0 Å². The Morgan fingerprint density at radius 2 is 1.02 bits per heavy atom. The first kappa shape index (κ1) is 42.5. The standard InChI is InChI=1S/C35H65O8P/c1-3-5-7-9-11-13-15-16-17-18-20-22-24-26-28-30-35(37)43-33(32-42-44(38,39)40)31-41-34(36)29-27-25-23-21-19-14-12-10-8-6-4-2/h11,13,16-17,33H,3-10,12,14-15,18-32H2,1-2H3,(H2,38,39,40)/b13-11+,17-16+/t33-/m1/s1. The number of phosphoric ester groups is 1. The summed E-state index contributed by atoms with van der Waals surface area (Å²) >= 11 is 0. The topological polar surface area (TPSA) is 119 Å². The summed E-state index contributed by atoms with van der Waals surface area (Å²) in [6, 6.07) is 0. The molecule has 0 aromatic rings. The molecule has 8 nitrogen and oxygen atoms in total. The second kappa shape index (κ2) is 31.5. The molecule has 0 radical (unpaired) electrons.